The molecule has 0 aromatic heterocycles. The summed E-state index contributed by atoms with van der Waals surface area (Å²) in [6.07, 6.45) is 0. The molecular weight excluding hydrogens is 258 g/mol. The normalized spacial score (nSPS) is 9.67. The van der Waals surface area contributed by atoms with E-state index in [-0.39, 0.29) is 19.8 Å². The monoisotopic (exact) mass is 271 g/mol. The highest BCUT2D eigenvalue weighted by atomic mass is 35.5. The quantitative estimate of drug-likeness (QED) is 0.795. The lowest BCUT2D eigenvalue weighted by Crippen LogP contribution is -2.34. The Bertz CT molecular complexity index is 405. The van der Waals surface area contributed by atoms with Gasteiger partial charge in [-0.05, 0) is 31.2 Å². The van der Waals surface area contributed by atoms with Crippen molar-refractivity contribution in [3.8, 4) is 5.75 Å². The molecule has 0 aliphatic carbocycles. The maximum absolute atomic E-state index is 11.3. The summed E-state index contributed by atoms with van der Waals surface area (Å²) in [4.78, 5) is 22.3. The van der Waals surface area contributed by atoms with E-state index < -0.39 is 11.9 Å². The average molecular weight is 272 g/mol. The maximum Gasteiger partial charge on any atom is 0.325 e. The van der Waals surface area contributed by atoms with Gasteiger partial charge in [0.05, 0.1) is 6.61 Å². The minimum absolute atomic E-state index is 0.156. The van der Waals surface area contributed by atoms with Crippen LogP contribution >= 0.6 is 11.6 Å². The maximum atomic E-state index is 11.3. The molecule has 0 heterocycles. The molecule has 1 N–H and O–H groups in total. The minimum Gasteiger partial charge on any atom is -0.484 e. The standard InChI is InChI=1S/C12H14ClNO4/c1-2-17-12(16)7-14-11(15)8-18-10-5-3-9(13)4-6-10/h3-6H,2,7-8H2,1H3,(H,14,15). The van der Waals surface area contributed by atoms with E-state index in [9.17, 15) is 9.59 Å². The smallest absolute Gasteiger partial charge is 0.325 e. The Kier molecular flexibility index (Phi) is 6.00. The highest BCUT2D eigenvalue weighted by molar-refractivity contribution is 6.30. The summed E-state index contributed by atoms with van der Waals surface area (Å²) in [7, 11) is 0. The van der Waals surface area contributed by atoms with Gasteiger partial charge in [0.1, 0.15) is 12.3 Å². The third-order valence-electron chi connectivity index (χ3n) is 1.92. The van der Waals surface area contributed by atoms with Crippen molar-refractivity contribution in [2.24, 2.45) is 0 Å². The molecule has 6 heteroatoms. The minimum atomic E-state index is -0.475. The first-order chi connectivity index (χ1) is 8.61. The summed E-state index contributed by atoms with van der Waals surface area (Å²) in [5, 5.41) is 2.98. The van der Waals surface area contributed by atoms with Gasteiger partial charge in [-0.15, -0.1) is 0 Å². The summed E-state index contributed by atoms with van der Waals surface area (Å²) < 4.78 is 9.85. The van der Waals surface area contributed by atoms with Crippen molar-refractivity contribution in [3.63, 3.8) is 0 Å². The molecule has 0 atom stereocenters. The molecule has 0 saturated heterocycles. The second kappa shape index (κ2) is 7.55. The van der Waals surface area contributed by atoms with E-state index in [0.717, 1.165) is 0 Å². The number of esters is 1. The molecule has 5 nitrogen and oxygen atoms in total. The number of rotatable bonds is 6. The van der Waals surface area contributed by atoms with Crippen molar-refractivity contribution < 1.29 is 19.1 Å². The molecule has 0 aliphatic rings. The van der Waals surface area contributed by atoms with Gasteiger partial charge in [-0.25, -0.2) is 0 Å². The van der Waals surface area contributed by atoms with Gasteiger partial charge < -0.3 is 14.8 Å². The Hall–Kier alpha value is -1.75. The Morgan fingerprint density at radius 3 is 2.56 bits per heavy atom. The van der Waals surface area contributed by atoms with E-state index in [1.165, 1.54) is 0 Å². The lowest BCUT2D eigenvalue weighted by atomic mass is 10.3. The zero-order valence-corrected chi connectivity index (χ0v) is 10.7. The molecule has 1 aromatic rings. The molecule has 1 aromatic carbocycles. The zero-order valence-electron chi connectivity index (χ0n) is 9.94. The fraction of sp³-hybridized carbons (Fsp3) is 0.333. The van der Waals surface area contributed by atoms with E-state index in [1.807, 2.05) is 0 Å². The predicted molar refractivity (Wildman–Crippen MR) is 66.6 cm³/mol. The highest BCUT2D eigenvalue weighted by Gasteiger charge is 2.06. The highest BCUT2D eigenvalue weighted by Crippen LogP contribution is 2.15. The molecule has 0 unspecified atom stereocenters. The van der Waals surface area contributed by atoms with Crippen molar-refractivity contribution in [1.82, 2.24) is 5.32 Å². The molecule has 0 saturated carbocycles. The number of amides is 1. The van der Waals surface area contributed by atoms with Crippen LogP contribution in [-0.2, 0) is 14.3 Å². The molecule has 18 heavy (non-hydrogen) atoms. The van der Waals surface area contributed by atoms with Gasteiger partial charge in [0.2, 0.25) is 0 Å². The fourth-order valence-corrected chi connectivity index (χ4v) is 1.24. The third kappa shape index (κ3) is 5.54. The van der Waals surface area contributed by atoms with Gasteiger partial charge in [0.15, 0.2) is 6.61 Å². The predicted octanol–water partition coefficient (Wildman–Crippen LogP) is 1.40. The Morgan fingerprint density at radius 1 is 1.28 bits per heavy atom. The lowest BCUT2D eigenvalue weighted by Gasteiger charge is -2.07. The molecule has 0 bridgehead atoms. The number of halogens is 1. The number of nitrogens with one attached hydrogen (secondary N) is 1. The molecule has 0 aliphatic heterocycles. The average Bonchev–Trinajstić information content (AvgIpc) is 2.36. The number of ether oxygens (including phenoxy) is 2. The van der Waals surface area contributed by atoms with Gasteiger partial charge in [0.25, 0.3) is 5.91 Å². The van der Waals surface area contributed by atoms with Crippen molar-refractivity contribution in [3.05, 3.63) is 29.3 Å². The molecule has 0 radical (unpaired) electrons. The van der Waals surface area contributed by atoms with Gasteiger partial charge in [0, 0.05) is 5.02 Å². The third-order valence-corrected chi connectivity index (χ3v) is 2.17. The van der Waals surface area contributed by atoms with Gasteiger partial charge in [-0.2, -0.15) is 0 Å². The first-order valence-electron chi connectivity index (χ1n) is 5.42. The van der Waals surface area contributed by atoms with Crippen LogP contribution in [0.2, 0.25) is 5.02 Å². The van der Waals surface area contributed by atoms with E-state index in [4.69, 9.17) is 16.3 Å². The van der Waals surface area contributed by atoms with Crippen molar-refractivity contribution in [2.45, 2.75) is 6.92 Å². The molecule has 1 amide bonds. The van der Waals surface area contributed by atoms with Crippen molar-refractivity contribution in [1.29, 1.82) is 0 Å². The number of hydrogen-bond acceptors (Lipinski definition) is 4. The summed E-state index contributed by atoms with van der Waals surface area (Å²) in [6, 6.07) is 6.63. The van der Waals surface area contributed by atoms with Crippen LogP contribution in [0.3, 0.4) is 0 Å². The summed E-state index contributed by atoms with van der Waals surface area (Å²) in [5.74, 6) is -0.332. The van der Waals surface area contributed by atoms with Crippen LogP contribution in [0, 0.1) is 0 Å². The van der Waals surface area contributed by atoms with Crippen LogP contribution in [0.1, 0.15) is 6.92 Å². The fourth-order valence-electron chi connectivity index (χ4n) is 1.11. The van der Waals surface area contributed by atoms with E-state index in [2.05, 4.69) is 10.1 Å². The summed E-state index contributed by atoms with van der Waals surface area (Å²) in [6.45, 7) is 1.66. The Morgan fingerprint density at radius 2 is 1.94 bits per heavy atom. The number of carbonyl (C=O) groups excluding carboxylic acids is 2. The second-order valence-electron chi connectivity index (χ2n) is 3.32. The Balaban J connectivity index is 2.24. The van der Waals surface area contributed by atoms with Crippen LogP contribution < -0.4 is 10.1 Å². The van der Waals surface area contributed by atoms with Crippen LogP contribution in [-0.4, -0.2) is 31.6 Å². The number of benzene rings is 1. The Labute approximate surface area is 110 Å². The number of carbonyl (C=O) groups is 2. The van der Waals surface area contributed by atoms with Crippen LogP contribution in [0.15, 0.2) is 24.3 Å². The zero-order chi connectivity index (χ0) is 13.4. The topological polar surface area (TPSA) is 64.6 Å². The first kappa shape index (κ1) is 14.3. The molecule has 1 rings (SSSR count). The van der Waals surface area contributed by atoms with Crippen LogP contribution in [0.5, 0.6) is 5.75 Å². The molecule has 0 spiro atoms. The van der Waals surface area contributed by atoms with Crippen LogP contribution in [0.4, 0.5) is 0 Å². The number of hydrogen-bond donors (Lipinski definition) is 1. The SMILES string of the molecule is CCOC(=O)CNC(=O)COc1ccc(Cl)cc1. The van der Waals surface area contributed by atoms with Crippen molar-refractivity contribution >= 4 is 23.5 Å². The molecular formula is C12H14ClNO4. The first-order valence-corrected chi connectivity index (χ1v) is 5.80. The van der Waals surface area contributed by atoms with E-state index >= 15 is 0 Å². The van der Waals surface area contributed by atoms with E-state index in [1.54, 1.807) is 31.2 Å². The summed E-state index contributed by atoms with van der Waals surface area (Å²) >= 11 is 5.70. The van der Waals surface area contributed by atoms with E-state index in [0.29, 0.717) is 10.8 Å². The van der Waals surface area contributed by atoms with Gasteiger partial charge in [-0.3, -0.25) is 9.59 Å². The largest absolute Gasteiger partial charge is 0.484 e. The van der Waals surface area contributed by atoms with Gasteiger partial charge in [-0.1, -0.05) is 11.6 Å². The van der Waals surface area contributed by atoms with Crippen molar-refractivity contribution in [2.75, 3.05) is 19.8 Å². The molecule has 98 valence electrons. The summed E-state index contributed by atoms with van der Waals surface area (Å²) in [5.41, 5.74) is 0. The second-order valence-corrected chi connectivity index (χ2v) is 3.76. The van der Waals surface area contributed by atoms with Gasteiger partial charge >= 0.3 is 5.97 Å². The van der Waals surface area contributed by atoms with Crippen LogP contribution in [0.25, 0.3) is 0 Å². The molecule has 0 fully saturated rings. The lowest BCUT2D eigenvalue weighted by molar-refractivity contribution is -0.143.